The van der Waals surface area contributed by atoms with Crippen LogP contribution < -0.4 is 20.5 Å². The van der Waals surface area contributed by atoms with Crippen molar-refractivity contribution < 1.29 is 27.5 Å². The van der Waals surface area contributed by atoms with E-state index in [-0.39, 0.29) is 37.3 Å². The summed E-state index contributed by atoms with van der Waals surface area (Å²) in [6.45, 7) is 10.0. The number of nitrogens with two attached hydrogens (primary N) is 1. The number of rotatable bonds is 8. The summed E-state index contributed by atoms with van der Waals surface area (Å²) in [7, 11) is -3.94. The number of sulfonamides is 1. The Labute approximate surface area is 315 Å². The molecular formula is C38H51N7O6S2. The van der Waals surface area contributed by atoms with E-state index in [1.165, 1.54) is 4.90 Å². The number of fused-ring (bicyclic) bond motifs is 3. The molecule has 0 spiro atoms. The molecule has 5 unspecified atom stereocenters. The van der Waals surface area contributed by atoms with Crippen LogP contribution in [0.15, 0.2) is 35.7 Å². The highest BCUT2D eigenvalue weighted by molar-refractivity contribution is 7.91. The zero-order chi connectivity index (χ0) is 37.9. The molecule has 1 aromatic carbocycles. The second-order valence-electron chi connectivity index (χ2n) is 16.1. The number of aromatic nitrogens is 3. The molecule has 2 aliphatic carbocycles. The lowest BCUT2D eigenvalue weighted by atomic mass is 10.1. The molecule has 1 saturated heterocycles. The van der Waals surface area contributed by atoms with Crippen molar-refractivity contribution in [2.45, 2.75) is 133 Å². The van der Waals surface area contributed by atoms with E-state index in [2.05, 4.69) is 29.3 Å². The van der Waals surface area contributed by atoms with Crippen LogP contribution in [0.3, 0.4) is 0 Å². The van der Waals surface area contributed by atoms with Gasteiger partial charge in [0, 0.05) is 29.3 Å². The molecule has 286 valence electrons. The number of carbonyl (C=O) groups is 3. The molecule has 5 atom stereocenters. The number of imidazole rings is 1. The maximum atomic E-state index is 14.3. The summed E-state index contributed by atoms with van der Waals surface area (Å²) >= 11 is 1.57. The molecule has 3 fully saturated rings. The summed E-state index contributed by atoms with van der Waals surface area (Å²) in [6, 6.07) is 4.54. The van der Waals surface area contributed by atoms with Gasteiger partial charge >= 0.3 is 0 Å². The van der Waals surface area contributed by atoms with Crippen molar-refractivity contribution in [2.75, 3.05) is 6.54 Å². The first kappa shape index (κ1) is 37.5. The third kappa shape index (κ3) is 7.11. The molecule has 53 heavy (non-hydrogen) atoms. The molecule has 13 nitrogen and oxygen atoms in total. The van der Waals surface area contributed by atoms with E-state index in [0.29, 0.717) is 31.2 Å². The van der Waals surface area contributed by atoms with E-state index in [1.807, 2.05) is 48.8 Å². The molecule has 3 aromatic rings. The fraction of sp³-hybridized carbons (Fsp3) is 0.605. The predicted molar refractivity (Wildman–Crippen MR) is 204 cm³/mol. The van der Waals surface area contributed by atoms with Crippen molar-refractivity contribution in [3.8, 4) is 16.6 Å². The summed E-state index contributed by atoms with van der Waals surface area (Å²) < 4.78 is 36.1. The number of nitrogens with zero attached hydrogens (tertiary/aromatic N) is 4. The second kappa shape index (κ2) is 14.1. The van der Waals surface area contributed by atoms with E-state index >= 15 is 0 Å². The fourth-order valence-electron chi connectivity index (χ4n) is 7.52. The molecule has 15 heteroatoms. The fourth-order valence-corrected chi connectivity index (χ4v) is 9.83. The van der Waals surface area contributed by atoms with Gasteiger partial charge in [-0.2, -0.15) is 4.98 Å². The SMILES string of the molecule is CC(C)c1csc(-c2cccc3c2nc(OC2CC4C(=O)NC5(C(=O)NS(=O)(=O)C6(C)CC6)CC5C=CCCCCCC(N)C(=O)N4C2)n3C(C)C)n1. The van der Waals surface area contributed by atoms with Crippen molar-refractivity contribution in [2.24, 2.45) is 11.7 Å². The third-order valence-corrected chi connectivity index (χ3v) is 14.4. The Morgan fingerprint density at radius 3 is 2.60 bits per heavy atom. The lowest BCUT2D eigenvalue weighted by Gasteiger charge is -2.28. The minimum Gasteiger partial charge on any atom is -0.459 e. The number of nitrogens with one attached hydrogen (secondary N) is 2. The van der Waals surface area contributed by atoms with Crippen LogP contribution in [0.1, 0.15) is 110 Å². The first-order chi connectivity index (χ1) is 25.1. The molecule has 2 saturated carbocycles. The van der Waals surface area contributed by atoms with Gasteiger partial charge in [0.2, 0.25) is 21.8 Å². The van der Waals surface area contributed by atoms with E-state index in [0.717, 1.165) is 53.0 Å². The molecular weight excluding hydrogens is 715 g/mol. The number of amides is 3. The smallest absolute Gasteiger partial charge is 0.297 e. The molecule has 4 aliphatic rings. The number of benzene rings is 1. The monoisotopic (exact) mass is 765 g/mol. The molecule has 2 aliphatic heterocycles. The number of carbonyl (C=O) groups excluding carboxylic acids is 3. The number of thiazole rings is 1. The zero-order valence-electron chi connectivity index (χ0n) is 31.1. The quantitative estimate of drug-likeness (QED) is 0.268. The molecule has 2 aromatic heterocycles. The summed E-state index contributed by atoms with van der Waals surface area (Å²) in [4.78, 5) is 53.4. The van der Waals surface area contributed by atoms with Gasteiger partial charge < -0.3 is 20.7 Å². The van der Waals surface area contributed by atoms with Gasteiger partial charge in [0.15, 0.2) is 0 Å². The van der Waals surface area contributed by atoms with Crippen molar-refractivity contribution in [3.63, 3.8) is 0 Å². The van der Waals surface area contributed by atoms with Crippen LogP contribution in [-0.4, -0.2) is 80.6 Å². The van der Waals surface area contributed by atoms with Crippen LogP contribution in [0, 0.1) is 5.92 Å². The van der Waals surface area contributed by atoms with Crippen molar-refractivity contribution in [1.82, 2.24) is 29.5 Å². The number of hydrogen-bond donors (Lipinski definition) is 3. The Kier molecular flexibility index (Phi) is 9.98. The van der Waals surface area contributed by atoms with Crippen molar-refractivity contribution in [1.29, 1.82) is 0 Å². The zero-order valence-corrected chi connectivity index (χ0v) is 32.8. The highest BCUT2D eigenvalue weighted by Gasteiger charge is 2.63. The van der Waals surface area contributed by atoms with Crippen LogP contribution in [0.25, 0.3) is 21.6 Å². The van der Waals surface area contributed by atoms with E-state index < -0.39 is 50.3 Å². The molecule has 0 radical (unpaired) electrons. The molecule has 7 rings (SSSR count). The van der Waals surface area contributed by atoms with Crippen LogP contribution >= 0.6 is 11.3 Å². The molecule has 4 heterocycles. The van der Waals surface area contributed by atoms with E-state index in [1.54, 1.807) is 18.3 Å². The maximum absolute atomic E-state index is 14.3. The van der Waals surface area contributed by atoms with Gasteiger partial charge in [-0.15, -0.1) is 11.3 Å². The van der Waals surface area contributed by atoms with Crippen LogP contribution in [0.2, 0.25) is 0 Å². The van der Waals surface area contributed by atoms with Gasteiger partial charge in [-0.1, -0.05) is 44.9 Å². The Morgan fingerprint density at radius 2 is 1.91 bits per heavy atom. The Hall–Kier alpha value is -3.82. The lowest BCUT2D eigenvalue weighted by molar-refractivity contribution is -0.140. The van der Waals surface area contributed by atoms with Gasteiger partial charge in [-0.25, -0.2) is 13.4 Å². The standard InChI is InChI=1S/C38H51N7O6S2/c1-22(2)28-21-52-33(40-28)26-13-11-15-29-31(26)41-36(45(29)23(3)4)51-25-18-30-32(46)42-38(35(48)43-53(49,50)37(5)16-17-37)19-24(38)12-9-7-6-8-10-14-27(39)34(47)44(30)20-25/h9,11-13,15,21-25,27,30H,6-8,10,14,16-20,39H2,1-5H3,(H,42,46)(H,43,48). The lowest BCUT2D eigenvalue weighted by Crippen LogP contribution is -2.58. The minimum atomic E-state index is -3.94. The average molecular weight is 766 g/mol. The number of para-hydroxylation sites is 1. The second-order valence-corrected chi connectivity index (χ2v) is 19.1. The van der Waals surface area contributed by atoms with Crippen LogP contribution in [-0.2, 0) is 24.4 Å². The molecule has 4 N–H and O–H groups in total. The van der Waals surface area contributed by atoms with Gasteiger partial charge in [-0.05, 0) is 77.3 Å². The third-order valence-electron chi connectivity index (χ3n) is 11.3. The molecule has 0 bridgehead atoms. The van der Waals surface area contributed by atoms with Gasteiger partial charge in [-0.3, -0.25) is 23.7 Å². The van der Waals surface area contributed by atoms with Gasteiger partial charge in [0.05, 0.1) is 28.5 Å². The number of hydrogen-bond acceptors (Lipinski definition) is 10. The minimum absolute atomic E-state index is 0.0228. The first-order valence-corrected chi connectivity index (χ1v) is 21.3. The highest BCUT2D eigenvalue weighted by atomic mass is 32.2. The van der Waals surface area contributed by atoms with E-state index in [4.69, 9.17) is 20.4 Å². The van der Waals surface area contributed by atoms with E-state index in [9.17, 15) is 22.8 Å². The summed E-state index contributed by atoms with van der Waals surface area (Å²) in [5, 5.41) is 5.86. The van der Waals surface area contributed by atoms with Gasteiger partial charge in [0.1, 0.15) is 28.2 Å². The summed E-state index contributed by atoms with van der Waals surface area (Å²) in [5.41, 5.74) is 8.56. The first-order valence-electron chi connectivity index (χ1n) is 18.9. The predicted octanol–water partition coefficient (Wildman–Crippen LogP) is 4.93. The Balaban J connectivity index is 1.19. The Morgan fingerprint density at radius 1 is 1.13 bits per heavy atom. The topological polar surface area (TPSA) is 179 Å². The van der Waals surface area contributed by atoms with Crippen LogP contribution in [0.5, 0.6) is 6.01 Å². The largest absolute Gasteiger partial charge is 0.459 e. The molecule has 3 amide bonds. The number of ether oxygens (including phenoxy) is 1. The summed E-state index contributed by atoms with van der Waals surface area (Å²) in [6.07, 6.45) is 8.36. The van der Waals surface area contributed by atoms with Crippen LogP contribution in [0.4, 0.5) is 0 Å². The average Bonchev–Trinajstić information content (AvgIpc) is 3.77. The Bertz CT molecular complexity index is 2050. The normalized spacial score (nSPS) is 27.6. The highest BCUT2D eigenvalue weighted by Crippen LogP contribution is 2.47. The van der Waals surface area contributed by atoms with Crippen molar-refractivity contribution in [3.05, 3.63) is 41.4 Å². The maximum Gasteiger partial charge on any atom is 0.297 e. The van der Waals surface area contributed by atoms with Crippen molar-refractivity contribution >= 4 is 50.1 Å². The summed E-state index contributed by atoms with van der Waals surface area (Å²) in [5.74, 6) is -1.74. The number of allylic oxidation sites excluding steroid dienone is 1. The van der Waals surface area contributed by atoms with Gasteiger partial charge in [0.25, 0.3) is 11.9 Å².